The van der Waals surface area contributed by atoms with Crippen molar-refractivity contribution < 1.29 is 9.59 Å². The molecule has 0 aliphatic heterocycles. The Balaban J connectivity index is 1.21. The van der Waals surface area contributed by atoms with Crippen molar-refractivity contribution in [2.24, 2.45) is 5.92 Å². The molecule has 4 rings (SSSR count). The highest BCUT2D eigenvalue weighted by atomic mass is 32.1. The Labute approximate surface area is 172 Å². The molecule has 2 amide bonds. The predicted octanol–water partition coefficient (Wildman–Crippen LogP) is 2.03. The lowest BCUT2D eigenvalue weighted by atomic mass is 9.85. The average molecular weight is 413 g/mol. The minimum absolute atomic E-state index is 0.00491. The molecule has 0 atom stereocenters. The van der Waals surface area contributed by atoms with Gasteiger partial charge in [0.05, 0.1) is 41.8 Å². The van der Waals surface area contributed by atoms with Crippen LogP contribution in [0.3, 0.4) is 0 Å². The molecule has 1 fully saturated rings. The first-order valence-corrected chi connectivity index (χ1v) is 10.7. The molecular formula is C20H24N6O2S. The lowest BCUT2D eigenvalue weighted by molar-refractivity contribution is -0.126. The van der Waals surface area contributed by atoms with Gasteiger partial charge in [-0.1, -0.05) is 0 Å². The number of aromatic nitrogens is 4. The summed E-state index contributed by atoms with van der Waals surface area (Å²) in [5.74, 6) is 0.0622. The van der Waals surface area contributed by atoms with Crippen molar-refractivity contribution in [3.05, 3.63) is 46.6 Å². The number of amides is 2. The number of nitrogens with one attached hydrogen (secondary N) is 2. The molecule has 0 bridgehead atoms. The van der Waals surface area contributed by atoms with E-state index in [1.807, 2.05) is 22.9 Å². The molecule has 0 spiro atoms. The van der Waals surface area contributed by atoms with Gasteiger partial charge in [-0.05, 0) is 32.6 Å². The van der Waals surface area contributed by atoms with Gasteiger partial charge >= 0.3 is 0 Å². The first-order chi connectivity index (χ1) is 14.1. The Kier molecular flexibility index (Phi) is 5.84. The van der Waals surface area contributed by atoms with E-state index in [9.17, 15) is 9.59 Å². The zero-order valence-electron chi connectivity index (χ0n) is 16.3. The molecule has 0 aromatic carbocycles. The molecule has 0 saturated heterocycles. The topological polar surface area (TPSA) is 101 Å². The van der Waals surface area contributed by atoms with Crippen LogP contribution in [0.2, 0.25) is 0 Å². The SMILES string of the molecule is Cc1nc(CC(=O)NC2CCC(C(=O)NCc3cnc4cnccn34)CC2)cs1. The third kappa shape index (κ3) is 4.79. The van der Waals surface area contributed by atoms with Crippen molar-refractivity contribution in [2.45, 2.75) is 51.6 Å². The standard InChI is InChI=1S/C20H24N6O2S/c1-13-24-16(12-29-13)8-19(27)25-15-4-2-14(3-5-15)20(28)23-10-17-9-22-18-11-21-6-7-26(17)18/h6-7,9,11-12,14-15H,2-5,8,10H2,1H3,(H,23,28)(H,25,27). The highest BCUT2D eigenvalue weighted by Crippen LogP contribution is 2.24. The summed E-state index contributed by atoms with van der Waals surface area (Å²) in [7, 11) is 0. The van der Waals surface area contributed by atoms with E-state index < -0.39 is 0 Å². The first kappa shape index (κ1) is 19.5. The van der Waals surface area contributed by atoms with Crippen LogP contribution in [0.15, 0.2) is 30.2 Å². The molecular weight excluding hydrogens is 388 g/mol. The van der Waals surface area contributed by atoms with Crippen molar-refractivity contribution in [2.75, 3.05) is 0 Å². The minimum atomic E-state index is -0.00908. The number of thiazole rings is 1. The molecule has 1 saturated carbocycles. The van der Waals surface area contributed by atoms with Crippen LogP contribution in [0.25, 0.3) is 5.65 Å². The van der Waals surface area contributed by atoms with Gasteiger partial charge in [-0.15, -0.1) is 11.3 Å². The summed E-state index contributed by atoms with van der Waals surface area (Å²) in [4.78, 5) is 37.4. The van der Waals surface area contributed by atoms with Crippen LogP contribution >= 0.6 is 11.3 Å². The zero-order valence-corrected chi connectivity index (χ0v) is 17.1. The molecule has 3 heterocycles. The largest absolute Gasteiger partial charge is 0.353 e. The van der Waals surface area contributed by atoms with Crippen LogP contribution in [0.1, 0.15) is 42.1 Å². The fraction of sp³-hybridized carbons (Fsp3) is 0.450. The summed E-state index contributed by atoms with van der Waals surface area (Å²) in [6.07, 6.45) is 10.5. The molecule has 8 nitrogen and oxygen atoms in total. The number of aryl methyl sites for hydroxylation is 1. The number of carbonyl (C=O) groups is 2. The maximum absolute atomic E-state index is 12.6. The summed E-state index contributed by atoms with van der Waals surface area (Å²) in [5.41, 5.74) is 2.51. The molecule has 152 valence electrons. The van der Waals surface area contributed by atoms with E-state index in [1.54, 1.807) is 29.9 Å². The van der Waals surface area contributed by atoms with E-state index in [0.29, 0.717) is 13.0 Å². The Bertz CT molecular complexity index is 1010. The van der Waals surface area contributed by atoms with E-state index in [4.69, 9.17) is 0 Å². The van der Waals surface area contributed by atoms with Crippen molar-refractivity contribution in [3.8, 4) is 0 Å². The van der Waals surface area contributed by atoms with Crippen molar-refractivity contribution in [1.29, 1.82) is 0 Å². The molecule has 9 heteroatoms. The Morgan fingerprint density at radius 3 is 2.83 bits per heavy atom. The summed E-state index contributed by atoms with van der Waals surface area (Å²) in [5, 5.41) is 9.01. The van der Waals surface area contributed by atoms with Crippen LogP contribution in [0.5, 0.6) is 0 Å². The maximum atomic E-state index is 12.6. The summed E-state index contributed by atoms with van der Waals surface area (Å²) >= 11 is 1.56. The van der Waals surface area contributed by atoms with Gasteiger partial charge in [0.1, 0.15) is 0 Å². The predicted molar refractivity (Wildman–Crippen MR) is 109 cm³/mol. The van der Waals surface area contributed by atoms with Gasteiger partial charge in [-0.2, -0.15) is 0 Å². The lowest BCUT2D eigenvalue weighted by Crippen LogP contribution is -2.41. The van der Waals surface area contributed by atoms with Crippen LogP contribution < -0.4 is 10.6 Å². The second-order valence-electron chi connectivity index (χ2n) is 7.42. The monoisotopic (exact) mass is 412 g/mol. The molecule has 1 aliphatic carbocycles. The van der Waals surface area contributed by atoms with Gasteiger partial charge in [0.15, 0.2) is 5.65 Å². The number of hydrogen-bond donors (Lipinski definition) is 2. The zero-order chi connectivity index (χ0) is 20.2. The normalized spacial score (nSPS) is 19.2. The van der Waals surface area contributed by atoms with Gasteiger partial charge in [-0.3, -0.25) is 19.0 Å². The van der Waals surface area contributed by atoms with Crippen molar-refractivity contribution in [1.82, 2.24) is 30.0 Å². The average Bonchev–Trinajstić information content (AvgIpc) is 3.32. The number of fused-ring (bicyclic) bond motifs is 1. The number of hydrogen-bond acceptors (Lipinski definition) is 6. The van der Waals surface area contributed by atoms with E-state index in [2.05, 4.69) is 25.6 Å². The number of imidazole rings is 1. The van der Waals surface area contributed by atoms with Gasteiger partial charge < -0.3 is 10.6 Å². The van der Waals surface area contributed by atoms with Crippen LogP contribution in [0.4, 0.5) is 0 Å². The summed E-state index contributed by atoms with van der Waals surface area (Å²) in [6, 6.07) is 0.137. The number of nitrogens with zero attached hydrogens (tertiary/aromatic N) is 4. The Morgan fingerprint density at radius 2 is 2.07 bits per heavy atom. The molecule has 3 aromatic rings. The number of rotatable bonds is 6. The molecule has 0 unspecified atom stereocenters. The third-order valence-corrected chi connectivity index (χ3v) is 6.13. The Hall–Kier alpha value is -2.81. The van der Waals surface area contributed by atoms with Gasteiger partial charge in [0, 0.05) is 29.7 Å². The second kappa shape index (κ2) is 8.69. The minimum Gasteiger partial charge on any atom is -0.353 e. The van der Waals surface area contributed by atoms with Gasteiger partial charge in [0.2, 0.25) is 11.8 Å². The van der Waals surface area contributed by atoms with Crippen LogP contribution in [-0.4, -0.2) is 37.2 Å². The molecule has 3 aromatic heterocycles. The van der Waals surface area contributed by atoms with Crippen molar-refractivity contribution in [3.63, 3.8) is 0 Å². The lowest BCUT2D eigenvalue weighted by Gasteiger charge is -2.28. The maximum Gasteiger partial charge on any atom is 0.226 e. The van der Waals surface area contributed by atoms with Crippen LogP contribution in [-0.2, 0) is 22.6 Å². The van der Waals surface area contributed by atoms with Crippen LogP contribution in [0, 0.1) is 12.8 Å². The second-order valence-corrected chi connectivity index (χ2v) is 8.48. The molecule has 2 N–H and O–H groups in total. The first-order valence-electron chi connectivity index (χ1n) is 9.82. The van der Waals surface area contributed by atoms with Gasteiger partial charge in [-0.25, -0.2) is 9.97 Å². The number of carbonyl (C=O) groups excluding carboxylic acids is 2. The van der Waals surface area contributed by atoms with Crippen molar-refractivity contribution >= 4 is 28.8 Å². The molecule has 0 radical (unpaired) electrons. The Morgan fingerprint density at radius 1 is 1.24 bits per heavy atom. The molecule has 1 aliphatic rings. The quantitative estimate of drug-likeness (QED) is 0.645. The highest BCUT2D eigenvalue weighted by molar-refractivity contribution is 7.09. The van der Waals surface area contributed by atoms with E-state index >= 15 is 0 Å². The summed E-state index contributed by atoms with van der Waals surface area (Å²) in [6.45, 7) is 2.37. The van der Waals surface area contributed by atoms with E-state index in [1.165, 1.54) is 0 Å². The molecule has 29 heavy (non-hydrogen) atoms. The van der Waals surface area contributed by atoms with E-state index in [-0.39, 0.29) is 23.8 Å². The van der Waals surface area contributed by atoms with Gasteiger partial charge in [0.25, 0.3) is 0 Å². The summed E-state index contributed by atoms with van der Waals surface area (Å²) < 4.78 is 1.92. The highest BCUT2D eigenvalue weighted by Gasteiger charge is 2.27. The smallest absolute Gasteiger partial charge is 0.226 e. The van der Waals surface area contributed by atoms with E-state index in [0.717, 1.165) is 47.7 Å². The fourth-order valence-corrected chi connectivity index (χ4v) is 4.39. The fourth-order valence-electron chi connectivity index (χ4n) is 3.78. The third-order valence-electron chi connectivity index (χ3n) is 5.31.